The van der Waals surface area contributed by atoms with Crippen molar-refractivity contribution in [2.45, 2.75) is 79.1 Å². The number of ether oxygens (including phenoxy) is 2. The molecule has 0 bridgehead atoms. The molecule has 0 heterocycles. The third kappa shape index (κ3) is 14.8. The van der Waals surface area contributed by atoms with Gasteiger partial charge in [0.05, 0.1) is 0 Å². The van der Waals surface area contributed by atoms with E-state index < -0.39 is 0 Å². The standard InChI is InChI=1S/C20H38O4/c1-19(2,12-13-21)10-5-7-14-23-16-9-17-24-15-8-6-11-20(3,4)18-22/h13,18H,5-12,14-17H2,1-4H3. The second-order valence-corrected chi connectivity index (χ2v) is 8.13. The maximum Gasteiger partial charge on any atom is 0.125 e. The fourth-order valence-electron chi connectivity index (χ4n) is 2.45. The van der Waals surface area contributed by atoms with E-state index in [9.17, 15) is 9.59 Å². The van der Waals surface area contributed by atoms with E-state index in [0.29, 0.717) is 6.42 Å². The molecule has 0 aromatic rings. The van der Waals surface area contributed by atoms with Crippen LogP contribution in [-0.2, 0) is 19.1 Å². The second-order valence-electron chi connectivity index (χ2n) is 8.13. The van der Waals surface area contributed by atoms with Crippen LogP contribution in [0.15, 0.2) is 0 Å². The maximum absolute atomic E-state index is 10.8. The Morgan fingerprint density at radius 2 is 1.21 bits per heavy atom. The topological polar surface area (TPSA) is 52.6 Å². The molecule has 0 aliphatic carbocycles. The van der Waals surface area contributed by atoms with Gasteiger partial charge >= 0.3 is 0 Å². The van der Waals surface area contributed by atoms with E-state index in [2.05, 4.69) is 13.8 Å². The van der Waals surface area contributed by atoms with Crippen LogP contribution in [0.3, 0.4) is 0 Å². The van der Waals surface area contributed by atoms with Crippen molar-refractivity contribution >= 4 is 12.6 Å². The van der Waals surface area contributed by atoms with E-state index in [0.717, 1.165) is 83.9 Å². The van der Waals surface area contributed by atoms with Crippen molar-refractivity contribution in [1.82, 2.24) is 0 Å². The molecule has 4 nitrogen and oxygen atoms in total. The van der Waals surface area contributed by atoms with E-state index in [-0.39, 0.29) is 10.8 Å². The van der Waals surface area contributed by atoms with E-state index >= 15 is 0 Å². The van der Waals surface area contributed by atoms with Gasteiger partial charge in [-0.3, -0.25) is 0 Å². The average molecular weight is 343 g/mol. The normalized spacial score (nSPS) is 12.3. The van der Waals surface area contributed by atoms with Gasteiger partial charge in [-0.05, 0) is 37.5 Å². The highest BCUT2D eigenvalue weighted by Gasteiger charge is 2.16. The summed E-state index contributed by atoms with van der Waals surface area (Å²) >= 11 is 0. The highest BCUT2D eigenvalue weighted by atomic mass is 16.5. The van der Waals surface area contributed by atoms with Crippen molar-refractivity contribution < 1.29 is 19.1 Å². The molecule has 0 aromatic heterocycles. The predicted molar refractivity (Wildman–Crippen MR) is 98.3 cm³/mol. The Labute approximate surface area is 148 Å². The lowest BCUT2D eigenvalue weighted by molar-refractivity contribution is -0.115. The maximum atomic E-state index is 10.8. The van der Waals surface area contributed by atoms with Crippen LogP contribution in [0.2, 0.25) is 0 Å². The minimum Gasteiger partial charge on any atom is -0.381 e. The lowest BCUT2D eigenvalue weighted by atomic mass is 9.84. The third-order valence-corrected chi connectivity index (χ3v) is 4.28. The summed E-state index contributed by atoms with van der Waals surface area (Å²) in [5, 5.41) is 0. The van der Waals surface area contributed by atoms with Gasteiger partial charge in [0, 0.05) is 38.3 Å². The number of hydrogen-bond acceptors (Lipinski definition) is 4. The van der Waals surface area contributed by atoms with Crippen LogP contribution >= 0.6 is 0 Å². The molecule has 0 aliphatic heterocycles. The van der Waals surface area contributed by atoms with Crippen molar-refractivity contribution in [3.63, 3.8) is 0 Å². The number of hydrogen-bond donors (Lipinski definition) is 0. The summed E-state index contributed by atoms with van der Waals surface area (Å²) in [6.45, 7) is 11.3. The predicted octanol–water partition coefficient (Wildman–Crippen LogP) is 4.59. The van der Waals surface area contributed by atoms with E-state index in [1.807, 2.05) is 13.8 Å². The highest BCUT2D eigenvalue weighted by Crippen LogP contribution is 2.26. The largest absolute Gasteiger partial charge is 0.381 e. The molecule has 0 radical (unpaired) electrons. The summed E-state index contributed by atoms with van der Waals surface area (Å²) in [5.41, 5.74) is -0.0766. The Bertz CT molecular complexity index is 324. The number of carbonyl (C=O) groups is 2. The molecule has 0 aliphatic rings. The Kier molecular flexibility index (Phi) is 13.1. The Balaban J connectivity index is 3.26. The van der Waals surface area contributed by atoms with Gasteiger partial charge in [-0.2, -0.15) is 0 Å². The van der Waals surface area contributed by atoms with Crippen LogP contribution in [0.1, 0.15) is 79.1 Å². The molecule has 0 atom stereocenters. The molecule has 0 aromatic carbocycles. The van der Waals surface area contributed by atoms with E-state index in [1.54, 1.807) is 0 Å². The summed E-state index contributed by atoms with van der Waals surface area (Å²) in [6, 6.07) is 0. The van der Waals surface area contributed by atoms with Crippen LogP contribution < -0.4 is 0 Å². The zero-order chi connectivity index (χ0) is 18.3. The quantitative estimate of drug-likeness (QED) is 0.286. The van der Waals surface area contributed by atoms with Gasteiger partial charge in [-0.25, -0.2) is 0 Å². The molecule has 0 N–H and O–H groups in total. The first kappa shape index (κ1) is 23.3. The molecule has 0 unspecified atom stereocenters. The van der Waals surface area contributed by atoms with Crippen LogP contribution in [-0.4, -0.2) is 39.0 Å². The van der Waals surface area contributed by atoms with Gasteiger partial charge in [0.25, 0.3) is 0 Å². The van der Waals surface area contributed by atoms with Crippen molar-refractivity contribution in [1.29, 1.82) is 0 Å². The molecule has 0 spiro atoms. The van der Waals surface area contributed by atoms with Crippen molar-refractivity contribution in [2.75, 3.05) is 26.4 Å². The van der Waals surface area contributed by atoms with Gasteiger partial charge in [0.15, 0.2) is 0 Å². The van der Waals surface area contributed by atoms with Crippen LogP contribution in [0.25, 0.3) is 0 Å². The molecule has 4 heteroatoms. The number of carbonyl (C=O) groups excluding carboxylic acids is 2. The van der Waals surface area contributed by atoms with Gasteiger partial charge in [0.1, 0.15) is 12.6 Å². The third-order valence-electron chi connectivity index (χ3n) is 4.28. The molecule has 0 saturated carbocycles. The van der Waals surface area contributed by atoms with Crippen LogP contribution in [0, 0.1) is 10.8 Å². The monoisotopic (exact) mass is 342 g/mol. The summed E-state index contributed by atoms with van der Waals surface area (Å²) < 4.78 is 11.2. The van der Waals surface area contributed by atoms with Gasteiger partial charge in [0.2, 0.25) is 0 Å². The first-order chi connectivity index (χ1) is 11.3. The highest BCUT2D eigenvalue weighted by molar-refractivity contribution is 5.57. The fourth-order valence-corrected chi connectivity index (χ4v) is 2.45. The molecule has 0 amide bonds. The lowest BCUT2D eigenvalue weighted by Crippen LogP contribution is -2.13. The van der Waals surface area contributed by atoms with E-state index in [4.69, 9.17) is 9.47 Å². The smallest absolute Gasteiger partial charge is 0.125 e. The van der Waals surface area contributed by atoms with Gasteiger partial charge in [-0.1, -0.05) is 40.5 Å². The Morgan fingerprint density at radius 3 is 1.71 bits per heavy atom. The minimum absolute atomic E-state index is 0.122. The second kappa shape index (κ2) is 13.5. The summed E-state index contributed by atoms with van der Waals surface area (Å²) in [4.78, 5) is 21.3. The molecular weight excluding hydrogens is 304 g/mol. The molecule has 0 fully saturated rings. The number of unbranched alkanes of at least 4 members (excludes halogenated alkanes) is 2. The van der Waals surface area contributed by atoms with Crippen LogP contribution in [0.4, 0.5) is 0 Å². The zero-order valence-corrected chi connectivity index (χ0v) is 16.3. The van der Waals surface area contributed by atoms with Crippen LogP contribution in [0.5, 0.6) is 0 Å². The molecule has 142 valence electrons. The average Bonchev–Trinajstić information content (AvgIpc) is 2.51. The van der Waals surface area contributed by atoms with Gasteiger partial charge in [-0.15, -0.1) is 0 Å². The summed E-state index contributed by atoms with van der Waals surface area (Å²) in [7, 11) is 0. The molecule has 0 saturated heterocycles. The Morgan fingerprint density at radius 1 is 0.708 bits per heavy atom. The summed E-state index contributed by atoms with van der Waals surface area (Å²) in [5.74, 6) is 0. The molecular formula is C20H38O4. The molecule has 24 heavy (non-hydrogen) atoms. The van der Waals surface area contributed by atoms with E-state index in [1.165, 1.54) is 0 Å². The van der Waals surface area contributed by atoms with Crippen molar-refractivity contribution in [3.05, 3.63) is 0 Å². The first-order valence-corrected chi connectivity index (χ1v) is 9.38. The minimum atomic E-state index is -0.198. The molecule has 0 rings (SSSR count). The SMILES string of the molecule is CC(C)(C=O)CCCCOCCCOCCCCC(C)(C)CC=O. The lowest BCUT2D eigenvalue weighted by Gasteiger charge is -2.21. The Hall–Kier alpha value is -0.740. The van der Waals surface area contributed by atoms with Crippen molar-refractivity contribution in [2.24, 2.45) is 10.8 Å². The fraction of sp³-hybridized carbons (Fsp3) is 0.900. The zero-order valence-electron chi connectivity index (χ0n) is 16.3. The number of aldehydes is 2. The number of rotatable bonds is 17. The summed E-state index contributed by atoms with van der Waals surface area (Å²) in [6.07, 6.45) is 9.80. The van der Waals surface area contributed by atoms with Gasteiger partial charge < -0.3 is 19.1 Å². The first-order valence-electron chi connectivity index (χ1n) is 9.38. The van der Waals surface area contributed by atoms with Crippen molar-refractivity contribution in [3.8, 4) is 0 Å².